The fourth-order valence-electron chi connectivity index (χ4n) is 6.16. The van der Waals surface area contributed by atoms with Gasteiger partial charge < -0.3 is 24.1 Å². The van der Waals surface area contributed by atoms with Gasteiger partial charge in [0.15, 0.2) is 0 Å². The highest BCUT2D eigenvalue weighted by molar-refractivity contribution is 5.68. The summed E-state index contributed by atoms with van der Waals surface area (Å²) < 4.78 is 22.8. The Morgan fingerprint density at radius 2 is 1.55 bits per heavy atom. The Morgan fingerprint density at radius 1 is 0.925 bits per heavy atom. The maximum absolute atomic E-state index is 12.4. The summed E-state index contributed by atoms with van der Waals surface area (Å²) in [5.41, 5.74) is 3.83. The van der Waals surface area contributed by atoms with Crippen molar-refractivity contribution in [3.63, 3.8) is 0 Å². The molecule has 0 saturated carbocycles. The Morgan fingerprint density at radius 3 is 2.15 bits per heavy atom. The van der Waals surface area contributed by atoms with Gasteiger partial charge in [0.2, 0.25) is 0 Å². The molecule has 1 aromatic carbocycles. The van der Waals surface area contributed by atoms with Gasteiger partial charge in [-0.25, -0.2) is 4.79 Å². The molecule has 5 unspecified atom stereocenters. The van der Waals surface area contributed by atoms with Crippen molar-refractivity contribution in [2.45, 2.75) is 144 Å². The van der Waals surface area contributed by atoms with Gasteiger partial charge in [-0.2, -0.15) is 0 Å². The van der Waals surface area contributed by atoms with Gasteiger partial charge in [0.25, 0.3) is 0 Å². The summed E-state index contributed by atoms with van der Waals surface area (Å²) in [6.07, 6.45) is 12.3. The van der Waals surface area contributed by atoms with Crippen molar-refractivity contribution in [1.82, 2.24) is 0 Å². The van der Waals surface area contributed by atoms with E-state index in [9.17, 15) is 4.79 Å². The predicted octanol–water partition coefficient (Wildman–Crippen LogP) is 8.41. The first-order valence-electron chi connectivity index (χ1n) is 15.9. The Balaban J connectivity index is 1.46. The lowest BCUT2D eigenvalue weighted by Gasteiger charge is -2.38. The fraction of sp³-hybridized carbons (Fsp3) is 0.794. The monoisotopic (exact) mass is 560 g/mol. The van der Waals surface area contributed by atoms with Crippen LogP contribution in [0.4, 0.5) is 4.79 Å². The van der Waals surface area contributed by atoms with E-state index in [1.165, 1.54) is 51.4 Å². The van der Waals surface area contributed by atoms with E-state index in [1.807, 2.05) is 20.8 Å². The standard InChI is InChI=1S/C34H56O6/c1-22(2)12-9-13-23(3)14-10-15-24(4)16-11-18-34(8)19-17-28-27(7)31(25(5)26(6)32(28)40-34)39-33(36)37-21-30-29(20-35)38-30/h22-24,29-30,35H,9-21H2,1-8H3. The van der Waals surface area contributed by atoms with Crippen LogP contribution in [0.2, 0.25) is 0 Å². The highest BCUT2D eigenvalue weighted by Gasteiger charge is 2.39. The lowest BCUT2D eigenvalue weighted by atomic mass is 9.83. The first-order chi connectivity index (χ1) is 18.9. The van der Waals surface area contributed by atoms with Gasteiger partial charge in [0, 0.05) is 5.56 Å². The van der Waals surface area contributed by atoms with E-state index < -0.39 is 6.16 Å². The lowest BCUT2D eigenvalue weighted by molar-refractivity contribution is 0.0509. The van der Waals surface area contributed by atoms with E-state index in [1.54, 1.807) is 0 Å². The molecule has 2 heterocycles. The van der Waals surface area contributed by atoms with Crippen LogP contribution in [-0.4, -0.2) is 42.3 Å². The van der Waals surface area contributed by atoms with Crippen molar-refractivity contribution in [3.8, 4) is 11.5 Å². The second-order valence-corrected chi connectivity index (χ2v) is 13.5. The Kier molecular flexibility index (Phi) is 12.2. The molecular formula is C34H56O6. The fourth-order valence-corrected chi connectivity index (χ4v) is 6.16. The Labute approximate surface area is 243 Å². The summed E-state index contributed by atoms with van der Waals surface area (Å²) >= 11 is 0. The second-order valence-electron chi connectivity index (χ2n) is 13.5. The molecule has 6 heteroatoms. The third-order valence-corrected chi connectivity index (χ3v) is 9.26. The summed E-state index contributed by atoms with van der Waals surface area (Å²) in [5.74, 6) is 3.95. The molecule has 0 aromatic heterocycles. The number of carbonyl (C=O) groups excluding carboxylic acids is 1. The van der Waals surface area contributed by atoms with Crippen LogP contribution in [0.25, 0.3) is 0 Å². The van der Waals surface area contributed by atoms with Crippen LogP contribution in [0.1, 0.15) is 121 Å². The van der Waals surface area contributed by atoms with Crippen molar-refractivity contribution in [3.05, 3.63) is 22.3 Å². The van der Waals surface area contributed by atoms with Gasteiger partial charge in [-0.3, -0.25) is 0 Å². The zero-order valence-corrected chi connectivity index (χ0v) is 26.6. The number of hydrogen-bond donors (Lipinski definition) is 1. The zero-order chi connectivity index (χ0) is 29.4. The largest absolute Gasteiger partial charge is 0.513 e. The van der Waals surface area contributed by atoms with Crippen molar-refractivity contribution in [1.29, 1.82) is 0 Å². The van der Waals surface area contributed by atoms with Crippen molar-refractivity contribution >= 4 is 6.16 Å². The number of hydrogen-bond acceptors (Lipinski definition) is 6. The first-order valence-corrected chi connectivity index (χ1v) is 15.9. The highest BCUT2D eigenvalue weighted by atomic mass is 16.7. The predicted molar refractivity (Wildman–Crippen MR) is 160 cm³/mol. The molecule has 1 aromatic rings. The van der Waals surface area contributed by atoms with Gasteiger partial charge >= 0.3 is 6.16 Å². The van der Waals surface area contributed by atoms with Crippen LogP contribution in [0, 0.1) is 38.5 Å². The van der Waals surface area contributed by atoms with E-state index >= 15 is 0 Å². The van der Waals surface area contributed by atoms with E-state index in [0.717, 1.165) is 65.0 Å². The van der Waals surface area contributed by atoms with Gasteiger partial charge in [-0.1, -0.05) is 72.6 Å². The van der Waals surface area contributed by atoms with Crippen LogP contribution in [0.3, 0.4) is 0 Å². The molecule has 0 amide bonds. The van der Waals surface area contributed by atoms with E-state index in [-0.39, 0.29) is 31.0 Å². The molecule has 40 heavy (non-hydrogen) atoms. The molecule has 0 aliphatic carbocycles. The quantitative estimate of drug-likeness (QED) is 0.124. The van der Waals surface area contributed by atoms with Gasteiger partial charge in [0.05, 0.1) is 6.61 Å². The van der Waals surface area contributed by atoms with Crippen LogP contribution in [0.15, 0.2) is 0 Å². The maximum Gasteiger partial charge on any atom is 0.513 e. The molecule has 5 atom stereocenters. The molecule has 3 rings (SSSR count). The summed E-state index contributed by atoms with van der Waals surface area (Å²) in [6, 6.07) is 0. The number of rotatable bonds is 16. The second kappa shape index (κ2) is 14.9. The van der Waals surface area contributed by atoms with Crippen LogP contribution in [-0.2, 0) is 15.9 Å². The number of benzene rings is 1. The van der Waals surface area contributed by atoms with Gasteiger partial charge in [-0.05, 0) is 87.8 Å². The number of ether oxygens (including phenoxy) is 4. The highest BCUT2D eigenvalue weighted by Crippen LogP contribution is 2.45. The number of fused-ring (bicyclic) bond motifs is 1. The summed E-state index contributed by atoms with van der Waals surface area (Å²) in [5, 5.41) is 9.07. The molecule has 1 fully saturated rings. The average Bonchev–Trinajstić information content (AvgIpc) is 3.67. The molecule has 0 bridgehead atoms. The van der Waals surface area contributed by atoms with Crippen molar-refractivity contribution in [2.75, 3.05) is 13.2 Å². The van der Waals surface area contributed by atoms with Gasteiger partial charge in [-0.15, -0.1) is 0 Å². The van der Waals surface area contributed by atoms with E-state index in [2.05, 4.69) is 34.6 Å². The molecule has 2 aliphatic heterocycles. The number of epoxide rings is 1. The number of aliphatic hydroxyl groups is 1. The minimum atomic E-state index is -0.742. The maximum atomic E-state index is 12.4. The molecular weight excluding hydrogens is 504 g/mol. The van der Waals surface area contributed by atoms with Crippen molar-refractivity contribution < 1.29 is 28.8 Å². The lowest BCUT2D eigenvalue weighted by Crippen LogP contribution is -2.37. The van der Waals surface area contributed by atoms with Crippen LogP contribution in [0.5, 0.6) is 11.5 Å². The molecule has 6 nitrogen and oxygen atoms in total. The third kappa shape index (κ3) is 9.37. The normalized spacial score (nSPS) is 23.4. The molecule has 1 N–H and O–H groups in total. The topological polar surface area (TPSA) is 77.5 Å². The summed E-state index contributed by atoms with van der Waals surface area (Å²) in [4.78, 5) is 12.4. The van der Waals surface area contributed by atoms with Crippen LogP contribution < -0.4 is 9.47 Å². The Bertz CT molecular complexity index is 972. The SMILES string of the molecule is Cc1c(C)c2c(c(C)c1OC(=O)OCC1OC1CO)CCC(C)(CCCC(C)CCCC(C)CCCC(C)C)O2. The molecule has 1 saturated heterocycles. The average molecular weight is 561 g/mol. The minimum absolute atomic E-state index is 0.0681. The molecule has 2 aliphatic rings. The zero-order valence-electron chi connectivity index (χ0n) is 26.6. The minimum Gasteiger partial charge on any atom is -0.487 e. The van der Waals surface area contributed by atoms with Gasteiger partial charge in [0.1, 0.15) is 35.9 Å². The number of carbonyl (C=O) groups is 1. The summed E-state index contributed by atoms with van der Waals surface area (Å²) in [6.45, 7) is 17.8. The van der Waals surface area contributed by atoms with E-state index in [4.69, 9.17) is 24.1 Å². The van der Waals surface area contributed by atoms with Crippen molar-refractivity contribution in [2.24, 2.45) is 17.8 Å². The van der Waals surface area contributed by atoms with E-state index in [0.29, 0.717) is 5.75 Å². The molecule has 0 spiro atoms. The first kappa shape index (κ1) is 32.7. The molecule has 228 valence electrons. The smallest absolute Gasteiger partial charge is 0.487 e. The van der Waals surface area contributed by atoms with Crippen LogP contribution >= 0.6 is 0 Å². The number of aliphatic hydroxyl groups excluding tert-OH is 1. The third-order valence-electron chi connectivity index (χ3n) is 9.26. The molecule has 0 radical (unpaired) electrons. The Hall–Kier alpha value is -1.79. The summed E-state index contributed by atoms with van der Waals surface area (Å²) in [7, 11) is 0.